The van der Waals surface area contributed by atoms with Crippen LogP contribution in [0, 0.1) is 5.41 Å². The molecule has 0 aliphatic heterocycles. The summed E-state index contributed by atoms with van der Waals surface area (Å²) in [6.07, 6.45) is 0. The van der Waals surface area contributed by atoms with Crippen molar-refractivity contribution in [3.63, 3.8) is 0 Å². The number of rotatable bonds is 2. The second-order valence-electron chi connectivity index (χ2n) is 5.87. The van der Waals surface area contributed by atoms with Crippen LogP contribution in [0.4, 0.5) is 0 Å². The van der Waals surface area contributed by atoms with Gasteiger partial charge in [-0.2, -0.15) is 0 Å². The first-order valence-corrected chi connectivity index (χ1v) is 7.51. The summed E-state index contributed by atoms with van der Waals surface area (Å²) in [6.45, 7) is 3.92. The van der Waals surface area contributed by atoms with Crippen LogP contribution < -0.4 is 0 Å². The lowest BCUT2D eigenvalue weighted by Gasteiger charge is -2.21. The van der Waals surface area contributed by atoms with Crippen LogP contribution in [-0.2, 0) is 4.79 Å². The summed E-state index contributed by atoms with van der Waals surface area (Å²) in [6, 6.07) is 20.0. The van der Waals surface area contributed by atoms with Crippen LogP contribution in [0.1, 0.15) is 25.0 Å². The van der Waals surface area contributed by atoms with E-state index in [1.54, 1.807) is 0 Å². The van der Waals surface area contributed by atoms with E-state index in [9.17, 15) is 4.79 Å². The van der Waals surface area contributed by atoms with Gasteiger partial charge in [-0.05, 0) is 36.1 Å². The number of hydrogen-bond donors (Lipinski definition) is 0. The number of alkyl halides is 1. The fourth-order valence-electron chi connectivity index (χ4n) is 3.06. The Bertz CT molecular complexity index is 699. The lowest BCUT2D eigenvalue weighted by atomic mass is 9.80. The van der Waals surface area contributed by atoms with Gasteiger partial charge in [-0.25, -0.2) is 0 Å². The number of carbonyl (C=O) groups is 1. The molecule has 1 aliphatic carbocycles. The summed E-state index contributed by atoms with van der Waals surface area (Å²) >= 11 is 6.48. The van der Waals surface area contributed by atoms with E-state index in [0.717, 1.165) is 22.3 Å². The third kappa shape index (κ3) is 2.22. The molecule has 0 heterocycles. The largest absolute Gasteiger partial charge is 0.297 e. The van der Waals surface area contributed by atoms with Crippen molar-refractivity contribution in [2.24, 2.45) is 5.41 Å². The molecule has 0 aromatic heterocycles. The van der Waals surface area contributed by atoms with Gasteiger partial charge in [0.1, 0.15) is 5.38 Å². The van der Waals surface area contributed by atoms with E-state index >= 15 is 0 Å². The van der Waals surface area contributed by atoms with Crippen LogP contribution in [0.25, 0.3) is 11.1 Å². The summed E-state index contributed by atoms with van der Waals surface area (Å²) in [5.41, 5.74) is 3.50. The minimum atomic E-state index is -0.586. The van der Waals surface area contributed by atoms with Gasteiger partial charge in [-0.1, -0.05) is 60.7 Å². The summed E-state index contributed by atoms with van der Waals surface area (Å²) < 4.78 is 0. The Morgan fingerprint density at radius 1 is 0.857 bits per heavy atom. The quantitative estimate of drug-likeness (QED) is 0.727. The summed E-state index contributed by atoms with van der Waals surface area (Å²) in [5.74, 6) is 0.0712. The molecule has 2 aromatic rings. The molecule has 0 saturated carbocycles. The zero-order valence-corrected chi connectivity index (χ0v) is 12.9. The molecule has 1 nitrogen and oxygen atoms in total. The monoisotopic (exact) mass is 296 g/mol. The van der Waals surface area contributed by atoms with E-state index < -0.39 is 10.8 Å². The Labute approximate surface area is 130 Å². The minimum Gasteiger partial charge on any atom is -0.297 e. The zero-order valence-electron chi connectivity index (χ0n) is 12.1. The van der Waals surface area contributed by atoms with Crippen LogP contribution in [0.3, 0.4) is 0 Å². The van der Waals surface area contributed by atoms with Gasteiger partial charge in [0, 0.05) is 0 Å². The van der Waals surface area contributed by atoms with E-state index in [-0.39, 0.29) is 5.78 Å². The van der Waals surface area contributed by atoms with Crippen molar-refractivity contribution in [2.45, 2.75) is 19.2 Å². The van der Waals surface area contributed by atoms with Gasteiger partial charge in [0.25, 0.3) is 0 Å². The van der Waals surface area contributed by atoms with Crippen LogP contribution >= 0.6 is 11.6 Å². The highest BCUT2D eigenvalue weighted by Gasteiger charge is 2.47. The average Bonchev–Trinajstić information content (AvgIpc) is 2.69. The lowest BCUT2D eigenvalue weighted by molar-refractivity contribution is -0.122. The van der Waals surface area contributed by atoms with Crippen molar-refractivity contribution in [3.8, 4) is 0 Å². The molecule has 0 radical (unpaired) electrons. The van der Waals surface area contributed by atoms with Gasteiger partial charge < -0.3 is 0 Å². The molecule has 3 rings (SSSR count). The molecule has 1 atom stereocenters. The number of hydrogen-bond acceptors (Lipinski definition) is 1. The fraction of sp³-hybridized carbons (Fsp3) is 0.211. The zero-order chi connectivity index (χ0) is 15.0. The first-order valence-electron chi connectivity index (χ1n) is 7.07. The van der Waals surface area contributed by atoms with Crippen molar-refractivity contribution in [2.75, 3.05) is 0 Å². The molecule has 21 heavy (non-hydrogen) atoms. The van der Waals surface area contributed by atoms with Gasteiger partial charge in [0.2, 0.25) is 0 Å². The van der Waals surface area contributed by atoms with E-state index in [4.69, 9.17) is 11.6 Å². The van der Waals surface area contributed by atoms with Crippen LogP contribution in [-0.4, -0.2) is 11.2 Å². The Hall–Kier alpha value is -1.86. The predicted molar refractivity (Wildman–Crippen MR) is 88.1 cm³/mol. The van der Waals surface area contributed by atoms with E-state index in [1.165, 1.54) is 0 Å². The number of halogens is 1. The molecular weight excluding hydrogens is 280 g/mol. The van der Waals surface area contributed by atoms with E-state index in [1.807, 2.05) is 74.5 Å². The molecule has 1 aliphatic rings. The standard InChI is InChI=1S/C19H17ClO/c1-19(2)16(14-11-7-4-8-12-14)15(17(20)18(19)21)13-9-5-3-6-10-13/h3-12,17H,1-2H3. The number of carbonyl (C=O) groups excluding carboxylic acids is 1. The third-order valence-corrected chi connectivity index (χ3v) is 4.56. The van der Waals surface area contributed by atoms with Crippen molar-refractivity contribution >= 4 is 28.5 Å². The van der Waals surface area contributed by atoms with Gasteiger partial charge in [-0.15, -0.1) is 11.6 Å². The summed E-state index contributed by atoms with van der Waals surface area (Å²) in [7, 11) is 0. The van der Waals surface area contributed by atoms with Gasteiger partial charge in [0.15, 0.2) is 5.78 Å². The molecule has 106 valence electrons. The van der Waals surface area contributed by atoms with Crippen LogP contribution in [0.5, 0.6) is 0 Å². The molecule has 0 saturated heterocycles. The third-order valence-electron chi connectivity index (χ3n) is 4.14. The topological polar surface area (TPSA) is 17.1 Å². The minimum absolute atomic E-state index is 0.0712. The molecule has 0 amide bonds. The van der Waals surface area contributed by atoms with Crippen LogP contribution in [0.2, 0.25) is 0 Å². The number of benzene rings is 2. The maximum absolute atomic E-state index is 12.6. The Morgan fingerprint density at radius 3 is 1.86 bits per heavy atom. The van der Waals surface area contributed by atoms with Crippen LogP contribution in [0.15, 0.2) is 60.7 Å². The molecule has 0 spiro atoms. The molecule has 2 aromatic carbocycles. The normalized spacial score (nSPS) is 20.9. The highest BCUT2D eigenvalue weighted by molar-refractivity contribution is 6.44. The fourth-order valence-corrected chi connectivity index (χ4v) is 3.57. The van der Waals surface area contributed by atoms with Crippen molar-refractivity contribution < 1.29 is 4.79 Å². The Kier molecular flexibility index (Phi) is 3.46. The van der Waals surface area contributed by atoms with E-state index in [2.05, 4.69) is 0 Å². The maximum Gasteiger partial charge on any atom is 0.165 e. The van der Waals surface area contributed by atoms with Crippen molar-refractivity contribution in [3.05, 3.63) is 71.8 Å². The van der Waals surface area contributed by atoms with Gasteiger partial charge >= 0.3 is 0 Å². The first-order chi connectivity index (χ1) is 10.0. The van der Waals surface area contributed by atoms with Gasteiger partial charge in [-0.3, -0.25) is 4.79 Å². The van der Waals surface area contributed by atoms with Crippen molar-refractivity contribution in [1.29, 1.82) is 0 Å². The number of ketones is 1. The Balaban J connectivity index is 2.30. The smallest absolute Gasteiger partial charge is 0.165 e. The first kappa shape index (κ1) is 14.1. The second-order valence-corrected chi connectivity index (χ2v) is 6.31. The van der Waals surface area contributed by atoms with E-state index in [0.29, 0.717) is 0 Å². The second kappa shape index (κ2) is 5.16. The van der Waals surface area contributed by atoms with Gasteiger partial charge in [0.05, 0.1) is 5.41 Å². The average molecular weight is 297 g/mol. The molecule has 0 fully saturated rings. The number of allylic oxidation sites excluding steroid dienone is 2. The molecular formula is C19H17ClO. The SMILES string of the molecule is CC1(C)C(=O)C(Cl)C(c2ccccc2)=C1c1ccccc1. The predicted octanol–water partition coefficient (Wildman–Crippen LogP) is 4.81. The maximum atomic E-state index is 12.6. The Morgan fingerprint density at radius 2 is 1.33 bits per heavy atom. The molecule has 0 bridgehead atoms. The molecule has 2 heteroatoms. The van der Waals surface area contributed by atoms with Crippen molar-refractivity contribution in [1.82, 2.24) is 0 Å². The molecule has 1 unspecified atom stereocenters. The highest BCUT2D eigenvalue weighted by atomic mass is 35.5. The molecule has 0 N–H and O–H groups in total. The lowest BCUT2D eigenvalue weighted by Crippen LogP contribution is -2.25. The highest BCUT2D eigenvalue weighted by Crippen LogP contribution is 2.50. The summed E-state index contributed by atoms with van der Waals surface area (Å²) in [4.78, 5) is 12.6. The number of Topliss-reactive ketones (excluding diaryl/α,β-unsaturated/α-hetero) is 1. The summed E-state index contributed by atoms with van der Waals surface area (Å²) in [5, 5.41) is -0.586.